The van der Waals surface area contributed by atoms with Crippen LogP contribution in [0.5, 0.6) is 0 Å². The van der Waals surface area contributed by atoms with Crippen molar-refractivity contribution < 1.29 is 4.79 Å². The Morgan fingerprint density at radius 3 is 2.60 bits per heavy atom. The van der Waals surface area contributed by atoms with Gasteiger partial charge in [0.1, 0.15) is 0 Å². The van der Waals surface area contributed by atoms with Gasteiger partial charge in [0, 0.05) is 29.7 Å². The number of anilines is 1. The molecule has 4 nitrogen and oxygen atoms in total. The Labute approximate surface area is 178 Å². The molecule has 0 radical (unpaired) electrons. The Bertz CT molecular complexity index is 1070. The molecule has 0 bridgehead atoms. The van der Waals surface area contributed by atoms with Gasteiger partial charge in [-0.2, -0.15) is 0 Å². The van der Waals surface area contributed by atoms with Crippen LogP contribution in [0.15, 0.2) is 54.7 Å². The van der Waals surface area contributed by atoms with E-state index in [1.54, 1.807) is 0 Å². The number of rotatable bonds is 4. The first kappa shape index (κ1) is 19.3. The Morgan fingerprint density at radius 2 is 1.83 bits per heavy atom. The standard InChI is InChI=1S/C26H29N3O/c1-18-13-19(2)15-22(14-18)28-25(30)23-16-26(23)8-11-29(12-9-26)17-21-6-3-5-20-7-4-10-27-24(20)21/h3-7,10,13-15,23H,8-9,11-12,16-17H2,1-2H3,(H,28,30). The molecule has 2 fully saturated rings. The summed E-state index contributed by atoms with van der Waals surface area (Å²) in [7, 11) is 0. The minimum atomic E-state index is 0.166. The fourth-order valence-electron chi connectivity index (χ4n) is 5.24. The summed E-state index contributed by atoms with van der Waals surface area (Å²) in [5, 5.41) is 4.37. The highest BCUT2D eigenvalue weighted by Crippen LogP contribution is 2.59. The van der Waals surface area contributed by atoms with Crippen molar-refractivity contribution in [3.63, 3.8) is 0 Å². The predicted molar refractivity (Wildman–Crippen MR) is 121 cm³/mol. The molecule has 1 unspecified atom stereocenters. The normalized spacial score (nSPS) is 20.4. The van der Waals surface area contributed by atoms with Crippen molar-refractivity contribution in [1.82, 2.24) is 9.88 Å². The number of nitrogens with zero attached hydrogens (tertiary/aromatic N) is 2. The van der Waals surface area contributed by atoms with Crippen molar-refractivity contribution in [3.8, 4) is 0 Å². The number of carbonyl (C=O) groups excluding carboxylic acids is 1. The summed E-state index contributed by atoms with van der Waals surface area (Å²) >= 11 is 0. The molecule has 1 saturated carbocycles. The molecule has 3 aromatic rings. The fraction of sp³-hybridized carbons (Fsp3) is 0.385. The molecule has 2 heterocycles. The van der Waals surface area contributed by atoms with Crippen LogP contribution in [0.4, 0.5) is 5.69 Å². The summed E-state index contributed by atoms with van der Waals surface area (Å²) in [6.07, 6.45) is 5.12. The number of fused-ring (bicyclic) bond motifs is 1. The SMILES string of the molecule is Cc1cc(C)cc(NC(=O)C2CC23CCN(Cc2cccc4cccnc24)CC3)c1. The van der Waals surface area contributed by atoms with Crippen LogP contribution in [0.2, 0.25) is 0 Å². The molecule has 1 atom stereocenters. The van der Waals surface area contributed by atoms with Gasteiger partial charge in [0.2, 0.25) is 5.91 Å². The van der Waals surface area contributed by atoms with E-state index in [4.69, 9.17) is 0 Å². The molecule has 2 aromatic carbocycles. The monoisotopic (exact) mass is 399 g/mol. The van der Waals surface area contributed by atoms with E-state index in [0.29, 0.717) is 0 Å². The smallest absolute Gasteiger partial charge is 0.228 e. The second-order valence-electron chi connectivity index (χ2n) is 9.25. The molecular weight excluding hydrogens is 370 g/mol. The maximum absolute atomic E-state index is 12.9. The lowest BCUT2D eigenvalue weighted by atomic mass is 9.90. The summed E-state index contributed by atoms with van der Waals surface area (Å²) in [4.78, 5) is 20.0. The number of para-hydroxylation sites is 1. The summed E-state index contributed by atoms with van der Waals surface area (Å²) in [5.41, 5.74) is 5.93. The Hall–Kier alpha value is -2.72. The highest BCUT2D eigenvalue weighted by molar-refractivity contribution is 5.95. The summed E-state index contributed by atoms with van der Waals surface area (Å²) < 4.78 is 0. The van der Waals surface area contributed by atoms with Gasteiger partial charge < -0.3 is 5.32 Å². The van der Waals surface area contributed by atoms with Crippen LogP contribution in [0.25, 0.3) is 10.9 Å². The number of aromatic nitrogens is 1. The molecule has 1 aliphatic carbocycles. The molecule has 4 heteroatoms. The van der Waals surface area contributed by atoms with E-state index < -0.39 is 0 Å². The Balaban J connectivity index is 1.20. The van der Waals surface area contributed by atoms with Gasteiger partial charge in [0.05, 0.1) is 5.52 Å². The third-order valence-corrected chi connectivity index (χ3v) is 6.96. The number of nitrogens with one attached hydrogen (secondary N) is 1. The number of likely N-dealkylation sites (tertiary alicyclic amines) is 1. The number of amides is 1. The second kappa shape index (κ2) is 7.51. The highest BCUT2D eigenvalue weighted by atomic mass is 16.2. The number of piperidine rings is 1. The lowest BCUT2D eigenvalue weighted by Crippen LogP contribution is -2.35. The number of carbonyl (C=O) groups is 1. The van der Waals surface area contributed by atoms with Crippen molar-refractivity contribution in [2.24, 2.45) is 11.3 Å². The first-order valence-electron chi connectivity index (χ1n) is 11.0. The van der Waals surface area contributed by atoms with Crippen LogP contribution in [0.3, 0.4) is 0 Å². The third-order valence-electron chi connectivity index (χ3n) is 6.96. The van der Waals surface area contributed by atoms with E-state index in [-0.39, 0.29) is 17.2 Å². The van der Waals surface area contributed by atoms with Gasteiger partial charge in [0.25, 0.3) is 0 Å². The molecule has 1 aliphatic heterocycles. The van der Waals surface area contributed by atoms with Crippen LogP contribution in [0.1, 0.15) is 36.0 Å². The van der Waals surface area contributed by atoms with Crippen molar-refractivity contribution in [1.29, 1.82) is 0 Å². The fourth-order valence-corrected chi connectivity index (χ4v) is 5.24. The van der Waals surface area contributed by atoms with Crippen LogP contribution in [-0.4, -0.2) is 28.9 Å². The van der Waals surface area contributed by atoms with Gasteiger partial charge in [-0.1, -0.05) is 30.3 Å². The second-order valence-corrected chi connectivity index (χ2v) is 9.25. The molecule has 1 amide bonds. The average Bonchev–Trinajstić information content (AvgIpc) is 3.43. The topological polar surface area (TPSA) is 45.2 Å². The van der Waals surface area contributed by atoms with Crippen LogP contribution in [-0.2, 0) is 11.3 Å². The van der Waals surface area contributed by atoms with Crippen molar-refractivity contribution >= 4 is 22.5 Å². The molecule has 154 valence electrons. The number of benzene rings is 2. The van der Waals surface area contributed by atoms with Gasteiger partial charge in [0.15, 0.2) is 0 Å². The average molecular weight is 400 g/mol. The maximum atomic E-state index is 12.9. The Morgan fingerprint density at radius 1 is 1.10 bits per heavy atom. The van der Waals surface area contributed by atoms with Gasteiger partial charge in [-0.3, -0.25) is 14.7 Å². The van der Waals surface area contributed by atoms with Crippen LogP contribution in [0, 0.1) is 25.2 Å². The van der Waals surface area contributed by atoms with Crippen molar-refractivity contribution in [2.75, 3.05) is 18.4 Å². The van der Waals surface area contributed by atoms with E-state index in [9.17, 15) is 4.79 Å². The molecule has 1 aromatic heterocycles. The largest absolute Gasteiger partial charge is 0.326 e. The molecule has 5 rings (SSSR count). The lowest BCUT2D eigenvalue weighted by molar-refractivity contribution is -0.118. The number of pyridine rings is 1. The zero-order valence-electron chi connectivity index (χ0n) is 17.8. The zero-order chi connectivity index (χ0) is 20.7. The van der Waals surface area contributed by atoms with E-state index in [0.717, 1.165) is 50.1 Å². The van der Waals surface area contributed by atoms with Gasteiger partial charge in [-0.15, -0.1) is 0 Å². The van der Waals surface area contributed by atoms with Crippen molar-refractivity contribution in [3.05, 3.63) is 71.4 Å². The van der Waals surface area contributed by atoms with Crippen molar-refractivity contribution in [2.45, 2.75) is 39.7 Å². The Kier molecular flexibility index (Phi) is 4.82. The summed E-state index contributed by atoms with van der Waals surface area (Å²) in [6, 6.07) is 16.8. The third kappa shape index (κ3) is 3.72. The van der Waals surface area contributed by atoms with Gasteiger partial charge in [-0.05, 0) is 86.5 Å². The highest BCUT2D eigenvalue weighted by Gasteiger charge is 2.58. The summed E-state index contributed by atoms with van der Waals surface area (Å²) in [6.45, 7) is 7.18. The van der Waals surface area contributed by atoms with Crippen LogP contribution >= 0.6 is 0 Å². The van der Waals surface area contributed by atoms with E-state index in [1.807, 2.05) is 12.3 Å². The summed E-state index contributed by atoms with van der Waals surface area (Å²) in [5.74, 6) is 0.367. The van der Waals surface area contributed by atoms with E-state index in [1.165, 1.54) is 22.1 Å². The number of hydrogen-bond acceptors (Lipinski definition) is 3. The number of hydrogen-bond donors (Lipinski definition) is 1. The minimum Gasteiger partial charge on any atom is -0.326 e. The van der Waals surface area contributed by atoms with Gasteiger partial charge in [-0.25, -0.2) is 0 Å². The molecule has 1 saturated heterocycles. The number of aryl methyl sites for hydroxylation is 2. The molecule has 30 heavy (non-hydrogen) atoms. The zero-order valence-corrected chi connectivity index (χ0v) is 17.8. The maximum Gasteiger partial charge on any atom is 0.228 e. The van der Waals surface area contributed by atoms with E-state index in [2.05, 4.69) is 71.5 Å². The molecule has 2 aliphatic rings. The van der Waals surface area contributed by atoms with E-state index >= 15 is 0 Å². The first-order chi connectivity index (χ1) is 14.5. The van der Waals surface area contributed by atoms with Crippen LogP contribution < -0.4 is 5.32 Å². The lowest BCUT2D eigenvalue weighted by Gasteiger charge is -2.33. The molecular formula is C26H29N3O. The van der Waals surface area contributed by atoms with Gasteiger partial charge >= 0.3 is 0 Å². The minimum absolute atomic E-state index is 0.166. The quantitative estimate of drug-likeness (QED) is 0.664. The molecule has 1 N–H and O–H groups in total. The first-order valence-corrected chi connectivity index (χ1v) is 11.0. The predicted octanol–water partition coefficient (Wildman–Crippen LogP) is 5.09. The molecule has 1 spiro atoms.